The van der Waals surface area contributed by atoms with Gasteiger partial charge in [-0.15, -0.1) is 0 Å². The molecule has 0 aliphatic heterocycles. The first-order chi connectivity index (χ1) is 9.63. The summed E-state index contributed by atoms with van der Waals surface area (Å²) in [5, 5.41) is 4.02. The molecule has 0 aliphatic carbocycles. The molecule has 0 atom stereocenters. The smallest absolute Gasteiger partial charge is 0.146 e. The SMILES string of the molecule is Cc1ccc(F)c(Nc2ccnc3cc(N)ccc23)c1. The fraction of sp³-hybridized carbons (Fsp3) is 0.0625. The van der Waals surface area contributed by atoms with E-state index < -0.39 is 0 Å². The highest BCUT2D eigenvalue weighted by atomic mass is 19.1. The molecule has 20 heavy (non-hydrogen) atoms. The number of anilines is 3. The third-order valence-corrected chi connectivity index (χ3v) is 3.16. The summed E-state index contributed by atoms with van der Waals surface area (Å²) in [6.45, 7) is 1.93. The first-order valence-electron chi connectivity index (χ1n) is 6.31. The van der Waals surface area contributed by atoms with Crippen molar-refractivity contribution in [2.75, 3.05) is 11.1 Å². The zero-order chi connectivity index (χ0) is 14.1. The molecule has 3 aromatic rings. The Kier molecular flexibility index (Phi) is 2.99. The second-order valence-corrected chi connectivity index (χ2v) is 4.74. The Hall–Kier alpha value is -2.62. The van der Waals surface area contributed by atoms with Crippen molar-refractivity contribution in [1.82, 2.24) is 4.98 Å². The molecule has 3 N–H and O–H groups in total. The monoisotopic (exact) mass is 267 g/mol. The molecule has 0 fully saturated rings. The van der Waals surface area contributed by atoms with Gasteiger partial charge in [0.05, 0.1) is 11.2 Å². The number of rotatable bonds is 2. The maximum atomic E-state index is 13.8. The molecule has 0 radical (unpaired) electrons. The average molecular weight is 267 g/mol. The summed E-state index contributed by atoms with van der Waals surface area (Å²) in [6, 6.07) is 12.3. The Morgan fingerprint density at radius 1 is 1.05 bits per heavy atom. The number of hydrogen-bond donors (Lipinski definition) is 2. The van der Waals surface area contributed by atoms with Crippen molar-refractivity contribution in [2.45, 2.75) is 6.92 Å². The largest absolute Gasteiger partial charge is 0.399 e. The van der Waals surface area contributed by atoms with Crippen molar-refractivity contribution in [1.29, 1.82) is 0 Å². The van der Waals surface area contributed by atoms with Crippen LogP contribution >= 0.6 is 0 Å². The van der Waals surface area contributed by atoms with Gasteiger partial charge in [0.1, 0.15) is 5.82 Å². The summed E-state index contributed by atoms with van der Waals surface area (Å²) in [5.74, 6) is -0.281. The highest BCUT2D eigenvalue weighted by Gasteiger charge is 2.06. The lowest BCUT2D eigenvalue weighted by Gasteiger charge is -2.11. The second kappa shape index (κ2) is 4.81. The van der Waals surface area contributed by atoms with Gasteiger partial charge in [0.25, 0.3) is 0 Å². The van der Waals surface area contributed by atoms with Gasteiger partial charge in [-0.05, 0) is 48.9 Å². The van der Waals surface area contributed by atoms with Crippen LogP contribution in [0.4, 0.5) is 21.5 Å². The van der Waals surface area contributed by atoms with E-state index in [1.807, 2.05) is 25.1 Å². The van der Waals surface area contributed by atoms with Gasteiger partial charge in [-0.25, -0.2) is 4.39 Å². The zero-order valence-corrected chi connectivity index (χ0v) is 11.0. The summed E-state index contributed by atoms with van der Waals surface area (Å²) in [7, 11) is 0. The van der Waals surface area contributed by atoms with Crippen molar-refractivity contribution < 1.29 is 4.39 Å². The van der Waals surface area contributed by atoms with E-state index in [2.05, 4.69) is 10.3 Å². The van der Waals surface area contributed by atoms with E-state index in [-0.39, 0.29) is 5.82 Å². The van der Waals surface area contributed by atoms with Crippen molar-refractivity contribution in [3.05, 3.63) is 60.0 Å². The number of fused-ring (bicyclic) bond motifs is 1. The number of halogens is 1. The predicted octanol–water partition coefficient (Wildman–Crippen LogP) is 4.01. The number of benzene rings is 2. The van der Waals surface area contributed by atoms with Gasteiger partial charge in [0.2, 0.25) is 0 Å². The van der Waals surface area contributed by atoms with Gasteiger partial charge in [-0.2, -0.15) is 0 Å². The standard InChI is InChI=1S/C16H14FN3/c1-10-2-5-13(17)16(8-10)20-14-6-7-19-15-9-11(18)3-4-12(14)15/h2-9H,18H2,1H3,(H,19,20). The number of nitrogens with one attached hydrogen (secondary N) is 1. The Balaban J connectivity index is 2.09. The van der Waals surface area contributed by atoms with Gasteiger partial charge in [0, 0.05) is 23.0 Å². The second-order valence-electron chi connectivity index (χ2n) is 4.74. The molecule has 100 valence electrons. The van der Waals surface area contributed by atoms with E-state index in [1.54, 1.807) is 24.4 Å². The number of hydrogen-bond acceptors (Lipinski definition) is 3. The average Bonchev–Trinajstić information content (AvgIpc) is 2.43. The maximum absolute atomic E-state index is 13.8. The van der Waals surface area contributed by atoms with Crippen LogP contribution in [0.3, 0.4) is 0 Å². The Morgan fingerprint density at radius 3 is 2.75 bits per heavy atom. The van der Waals surface area contributed by atoms with Gasteiger partial charge in [-0.1, -0.05) is 6.07 Å². The third-order valence-electron chi connectivity index (χ3n) is 3.16. The van der Waals surface area contributed by atoms with E-state index in [4.69, 9.17) is 5.73 Å². The molecule has 3 rings (SSSR count). The fourth-order valence-electron chi connectivity index (χ4n) is 2.15. The van der Waals surface area contributed by atoms with Crippen LogP contribution < -0.4 is 11.1 Å². The fourth-order valence-corrected chi connectivity index (χ4v) is 2.15. The Labute approximate surface area is 116 Å². The molecule has 0 aliphatic rings. The first-order valence-corrected chi connectivity index (χ1v) is 6.31. The molecule has 0 amide bonds. The van der Waals surface area contributed by atoms with Gasteiger partial charge in [-0.3, -0.25) is 4.98 Å². The molecule has 1 aromatic heterocycles. The summed E-state index contributed by atoms with van der Waals surface area (Å²) >= 11 is 0. The molecule has 0 bridgehead atoms. The van der Waals surface area contributed by atoms with Crippen molar-refractivity contribution in [2.24, 2.45) is 0 Å². The highest BCUT2D eigenvalue weighted by molar-refractivity contribution is 5.94. The zero-order valence-electron chi connectivity index (χ0n) is 11.0. The predicted molar refractivity (Wildman–Crippen MR) is 80.6 cm³/mol. The van der Waals surface area contributed by atoms with E-state index in [0.717, 1.165) is 22.2 Å². The Bertz CT molecular complexity index is 784. The highest BCUT2D eigenvalue weighted by Crippen LogP contribution is 2.27. The quantitative estimate of drug-likeness (QED) is 0.690. The molecule has 2 aromatic carbocycles. The molecule has 0 spiro atoms. The number of nitrogens with zero attached hydrogens (tertiary/aromatic N) is 1. The molecular weight excluding hydrogens is 253 g/mol. The number of nitrogens with two attached hydrogens (primary N) is 1. The lowest BCUT2D eigenvalue weighted by Crippen LogP contribution is -1.96. The minimum atomic E-state index is -0.281. The number of aromatic nitrogens is 1. The van der Waals surface area contributed by atoms with E-state index in [0.29, 0.717) is 11.4 Å². The van der Waals surface area contributed by atoms with Gasteiger partial charge < -0.3 is 11.1 Å². The third kappa shape index (κ3) is 2.28. The number of nitrogen functional groups attached to an aromatic ring is 1. The lowest BCUT2D eigenvalue weighted by atomic mass is 10.1. The summed E-state index contributed by atoms with van der Waals surface area (Å²) in [5.41, 5.74) is 9.44. The molecule has 0 saturated carbocycles. The van der Waals surface area contributed by atoms with Crippen LogP contribution in [0.2, 0.25) is 0 Å². The Morgan fingerprint density at radius 2 is 1.90 bits per heavy atom. The summed E-state index contributed by atoms with van der Waals surface area (Å²) in [4.78, 5) is 4.27. The first kappa shape index (κ1) is 12.4. The van der Waals surface area contributed by atoms with Crippen LogP contribution in [0.25, 0.3) is 10.9 Å². The van der Waals surface area contributed by atoms with Crippen LogP contribution in [0.5, 0.6) is 0 Å². The van der Waals surface area contributed by atoms with Crippen molar-refractivity contribution in [3.63, 3.8) is 0 Å². The molecule has 1 heterocycles. The summed E-state index contributed by atoms with van der Waals surface area (Å²) in [6.07, 6.45) is 1.68. The van der Waals surface area contributed by atoms with E-state index >= 15 is 0 Å². The number of aryl methyl sites for hydroxylation is 1. The molecule has 0 saturated heterocycles. The van der Waals surface area contributed by atoms with Crippen LogP contribution in [0.15, 0.2) is 48.7 Å². The van der Waals surface area contributed by atoms with Crippen molar-refractivity contribution >= 4 is 28.0 Å². The minimum Gasteiger partial charge on any atom is -0.399 e. The molecule has 3 nitrogen and oxygen atoms in total. The normalized spacial score (nSPS) is 10.7. The lowest BCUT2D eigenvalue weighted by molar-refractivity contribution is 0.631. The number of pyridine rings is 1. The summed E-state index contributed by atoms with van der Waals surface area (Å²) < 4.78 is 13.8. The van der Waals surface area contributed by atoms with Crippen LogP contribution in [-0.4, -0.2) is 4.98 Å². The minimum absolute atomic E-state index is 0.281. The van der Waals surface area contributed by atoms with Crippen LogP contribution in [-0.2, 0) is 0 Å². The molecular formula is C16H14FN3. The topological polar surface area (TPSA) is 50.9 Å². The maximum Gasteiger partial charge on any atom is 0.146 e. The van der Waals surface area contributed by atoms with E-state index in [9.17, 15) is 4.39 Å². The van der Waals surface area contributed by atoms with Gasteiger partial charge in [0.15, 0.2) is 0 Å². The van der Waals surface area contributed by atoms with Crippen LogP contribution in [0.1, 0.15) is 5.56 Å². The van der Waals surface area contributed by atoms with E-state index in [1.165, 1.54) is 6.07 Å². The molecule has 0 unspecified atom stereocenters. The van der Waals surface area contributed by atoms with Gasteiger partial charge >= 0.3 is 0 Å². The van der Waals surface area contributed by atoms with Crippen LogP contribution in [0, 0.1) is 12.7 Å². The molecule has 4 heteroatoms. The van der Waals surface area contributed by atoms with Crippen molar-refractivity contribution in [3.8, 4) is 0 Å².